The fourth-order valence-corrected chi connectivity index (χ4v) is 7.45. The van der Waals surface area contributed by atoms with Gasteiger partial charge in [-0.1, -0.05) is 145 Å². The van der Waals surface area contributed by atoms with Gasteiger partial charge in [0.15, 0.2) is 0 Å². The minimum absolute atomic E-state index is 0.369. The highest BCUT2D eigenvalue weighted by molar-refractivity contribution is 6.27. The third-order valence-corrected chi connectivity index (χ3v) is 9.82. The summed E-state index contributed by atoms with van der Waals surface area (Å²) in [5.74, 6) is 0. The maximum Gasteiger partial charge on any atom is 0.136 e. The molecule has 0 radical (unpaired) electrons. The molecule has 55 heavy (non-hydrogen) atoms. The Labute approximate surface area is 358 Å². The Morgan fingerprint density at radius 1 is 0.273 bits per heavy atom. The van der Waals surface area contributed by atoms with Gasteiger partial charge in [-0.15, -0.1) is 0 Å². The van der Waals surface area contributed by atoms with Crippen molar-refractivity contribution in [3.63, 3.8) is 0 Å². The molecule has 0 spiro atoms. The molecule has 13 rings (SSSR count). The standard InChI is InChI=1S/C54H30O/c1-2-7-38-30-49-47(29-37(38)6-1)54-44(12-5-13-48(54)55-49)41-27-39(42-22-18-35-16-14-31-8-3-10-33-20-24-45(42)52(35)50(31)33)26-40(28-41)43-23-19-36-17-15-32-9-4-11-34-21-25-46(43)53(36)51(32)34/h1-30H/i1D,2D,3D,4D,5D,6D,7D,8D,9D,10D,11D,12D,13D,14D,15D,16D,17D,18D,19D,20D,21D,22D,23D,24D,25D,26D,27D,28D,29D,30D. The minimum Gasteiger partial charge on any atom is -0.456 e. The SMILES string of the molecule is [2H]c1c(-c2c([2H])c([2H])c3c([2H])c([2H])c4c([2H])c([2H])c([2H])c5c([2H])c([2H])c2c3c45)c([2H])c(-c2c([2H])c([2H])c([2H])c3oc4c([2H])c5c([2H])c([2H])c([2H])c([2H])c5c([2H])c4c23)c([2H])c1-c1c([2H])c([2H])c2c([2H])c([2H])c3c([2H])c([2H])c([2H])c4c([2H])c([2H])c1c2c34. The molecule has 0 amide bonds. The van der Waals surface area contributed by atoms with Gasteiger partial charge in [0.25, 0.3) is 0 Å². The maximum atomic E-state index is 10.4. The number of hydrogen-bond acceptors (Lipinski definition) is 1. The van der Waals surface area contributed by atoms with Gasteiger partial charge in [-0.3, -0.25) is 0 Å². The summed E-state index contributed by atoms with van der Waals surface area (Å²) in [5.41, 5.74) is -6.65. The van der Waals surface area contributed by atoms with Gasteiger partial charge >= 0.3 is 0 Å². The van der Waals surface area contributed by atoms with E-state index in [-0.39, 0.29) is 10.8 Å². The fourth-order valence-electron chi connectivity index (χ4n) is 7.45. The van der Waals surface area contributed by atoms with Gasteiger partial charge < -0.3 is 4.42 Å². The third-order valence-electron chi connectivity index (χ3n) is 9.82. The Kier molecular flexibility index (Phi) is 2.52. The zero-order valence-corrected chi connectivity index (χ0v) is 27.4. The lowest BCUT2D eigenvalue weighted by Gasteiger charge is -2.18. The third kappa shape index (κ3) is 4.07. The lowest BCUT2D eigenvalue weighted by atomic mass is 9.85. The van der Waals surface area contributed by atoms with Crippen LogP contribution in [0.4, 0.5) is 0 Å². The predicted molar refractivity (Wildman–Crippen MR) is 235 cm³/mol. The zero-order chi connectivity index (χ0) is 61.9. The van der Waals surface area contributed by atoms with Gasteiger partial charge in [0, 0.05) is 10.8 Å². The molecule has 0 fully saturated rings. The summed E-state index contributed by atoms with van der Waals surface area (Å²) in [5, 5.41) is -8.19. The molecular weight excluding hydrogens is 665 g/mol. The van der Waals surface area contributed by atoms with Gasteiger partial charge in [-0.2, -0.15) is 0 Å². The summed E-state index contributed by atoms with van der Waals surface area (Å²) in [6, 6.07) is -26.5. The van der Waals surface area contributed by atoms with Crippen molar-refractivity contribution in [3.8, 4) is 33.4 Å². The van der Waals surface area contributed by atoms with E-state index in [4.69, 9.17) is 22.2 Å². The lowest BCUT2D eigenvalue weighted by molar-refractivity contribution is 0.669. The first kappa shape index (κ1) is 13.0. The smallest absolute Gasteiger partial charge is 0.136 e. The molecule has 0 saturated carbocycles. The van der Waals surface area contributed by atoms with E-state index >= 15 is 0 Å². The number of benzene rings is 12. The molecule has 0 N–H and O–H groups in total. The maximum absolute atomic E-state index is 10.4. The van der Waals surface area contributed by atoms with Crippen LogP contribution in [0.2, 0.25) is 0 Å². The fraction of sp³-hybridized carbons (Fsp3) is 0. The van der Waals surface area contributed by atoms with Crippen molar-refractivity contribution in [2.45, 2.75) is 0 Å². The summed E-state index contributed by atoms with van der Waals surface area (Å²) >= 11 is 0. The summed E-state index contributed by atoms with van der Waals surface area (Å²) in [6.45, 7) is 0. The highest BCUT2D eigenvalue weighted by Crippen LogP contribution is 2.46. The van der Waals surface area contributed by atoms with Gasteiger partial charge in [-0.05, 0) is 145 Å². The summed E-state index contributed by atoms with van der Waals surface area (Å²) in [6.07, 6.45) is 0. The van der Waals surface area contributed by atoms with E-state index in [2.05, 4.69) is 0 Å². The molecule has 0 saturated heterocycles. The molecule has 0 aliphatic rings. The first-order valence-electron chi connectivity index (χ1n) is 31.7. The van der Waals surface area contributed by atoms with Crippen LogP contribution in [-0.4, -0.2) is 0 Å². The van der Waals surface area contributed by atoms with Crippen molar-refractivity contribution in [1.29, 1.82) is 0 Å². The quantitative estimate of drug-likeness (QED) is 0.165. The highest BCUT2D eigenvalue weighted by atomic mass is 16.3. The monoisotopic (exact) mass is 724 g/mol. The molecule has 252 valence electrons. The van der Waals surface area contributed by atoms with Crippen molar-refractivity contribution in [2.75, 3.05) is 0 Å². The Morgan fingerprint density at radius 3 is 1.27 bits per heavy atom. The van der Waals surface area contributed by atoms with E-state index in [1.165, 1.54) is 0 Å². The molecule has 0 bridgehead atoms. The van der Waals surface area contributed by atoms with E-state index in [1.54, 1.807) is 0 Å². The van der Waals surface area contributed by atoms with Crippen molar-refractivity contribution in [1.82, 2.24) is 0 Å². The molecule has 0 unspecified atom stereocenters. The molecular formula is C54H30O. The summed E-state index contributed by atoms with van der Waals surface area (Å²) in [7, 11) is 0. The van der Waals surface area contributed by atoms with Gasteiger partial charge in [0.2, 0.25) is 0 Å². The summed E-state index contributed by atoms with van der Waals surface area (Å²) in [4.78, 5) is 0. The zero-order valence-electron chi connectivity index (χ0n) is 57.4. The van der Waals surface area contributed by atoms with E-state index in [0.29, 0.717) is 0 Å². The molecule has 0 atom stereocenters. The van der Waals surface area contributed by atoms with E-state index in [0.717, 1.165) is 0 Å². The molecule has 1 aromatic heterocycles. The van der Waals surface area contributed by atoms with Crippen LogP contribution >= 0.6 is 0 Å². The van der Waals surface area contributed by atoms with Gasteiger partial charge in [0.1, 0.15) is 11.2 Å². The second-order valence-corrected chi connectivity index (χ2v) is 12.8. The molecule has 1 heteroatoms. The average Bonchev–Trinajstić information content (AvgIpc) is 0.870. The Hall–Kier alpha value is -7.22. The molecule has 0 aliphatic carbocycles. The first-order chi connectivity index (χ1) is 39.8. The number of rotatable bonds is 3. The van der Waals surface area contributed by atoms with Gasteiger partial charge in [-0.25, -0.2) is 0 Å². The van der Waals surface area contributed by atoms with Crippen molar-refractivity contribution >= 4 is 97.3 Å². The van der Waals surface area contributed by atoms with E-state index in [1.807, 2.05) is 0 Å². The molecule has 12 aromatic carbocycles. The van der Waals surface area contributed by atoms with Crippen LogP contribution in [0.3, 0.4) is 0 Å². The molecule has 1 heterocycles. The largest absolute Gasteiger partial charge is 0.456 e. The van der Waals surface area contributed by atoms with Crippen molar-refractivity contribution in [2.24, 2.45) is 0 Å². The van der Waals surface area contributed by atoms with E-state index in [9.17, 15) is 23.3 Å². The second-order valence-electron chi connectivity index (χ2n) is 12.8. The molecule has 0 aliphatic heterocycles. The first-order valence-corrected chi connectivity index (χ1v) is 16.7. The molecule has 1 nitrogen and oxygen atoms in total. The Morgan fingerprint density at radius 2 is 0.709 bits per heavy atom. The Bertz CT molecular complexity index is 5190. The van der Waals surface area contributed by atoms with Crippen LogP contribution in [0.1, 0.15) is 41.1 Å². The highest BCUT2D eigenvalue weighted by Gasteiger charge is 2.19. The lowest BCUT2D eigenvalue weighted by Crippen LogP contribution is -1.91. The van der Waals surface area contributed by atoms with Crippen LogP contribution in [0.5, 0.6) is 0 Å². The van der Waals surface area contributed by atoms with Crippen LogP contribution in [0.15, 0.2) is 186 Å². The van der Waals surface area contributed by atoms with Gasteiger partial charge in [0.05, 0.1) is 41.1 Å². The van der Waals surface area contributed by atoms with Crippen molar-refractivity contribution in [3.05, 3.63) is 181 Å². The molecule has 13 aromatic rings. The number of fused-ring (bicyclic) bond motifs is 4. The normalized spacial score (nSPS) is 20.0. The van der Waals surface area contributed by atoms with Crippen LogP contribution < -0.4 is 0 Å². The van der Waals surface area contributed by atoms with Crippen molar-refractivity contribution < 1.29 is 45.5 Å². The minimum atomic E-state index is -1.13. The Balaban J connectivity index is 1.35. The predicted octanol–water partition coefficient (Wildman–Crippen LogP) is 15.5. The second kappa shape index (κ2) is 10.7. The van der Waals surface area contributed by atoms with Crippen LogP contribution in [-0.2, 0) is 0 Å². The summed E-state index contributed by atoms with van der Waals surface area (Å²) < 4.78 is 285. The van der Waals surface area contributed by atoms with Crippen LogP contribution in [0.25, 0.3) is 131 Å². The number of hydrogen-bond donors (Lipinski definition) is 0. The van der Waals surface area contributed by atoms with E-state index < -0.39 is 301 Å². The van der Waals surface area contributed by atoms with Crippen LogP contribution in [0, 0.1) is 0 Å². The topological polar surface area (TPSA) is 13.1 Å². The average molecular weight is 725 g/mol. The number of furan rings is 1.